The number of hydrogen-bond acceptors (Lipinski definition) is 6. The maximum absolute atomic E-state index is 13.2. The van der Waals surface area contributed by atoms with Gasteiger partial charge in [-0.1, -0.05) is 35.3 Å². The van der Waals surface area contributed by atoms with E-state index in [0.29, 0.717) is 17.4 Å². The molecule has 1 fully saturated rings. The van der Waals surface area contributed by atoms with Crippen molar-refractivity contribution in [3.8, 4) is 10.4 Å². The van der Waals surface area contributed by atoms with Gasteiger partial charge in [0.1, 0.15) is 6.20 Å². The molecule has 1 amide bonds. The number of benzene rings is 1. The zero-order valence-electron chi connectivity index (χ0n) is 16.0. The summed E-state index contributed by atoms with van der Waals surface area (Å²) in [6.45, 7) is -0.140. The number of nitrogens with zero attached hydrogens (tertiary/aromatic N) is 2. The zero-order valence-corrected chi connectivity index (χ0v) is 18.3. The third-order valence-electron chi connectivity index (χ3n) is 4.87. The molecule has 0 unspecified atom stereocenters. The molecule has 6 nitrogen and oxygen atoms in total. The number of carbonyl (C=O) groups is 1. The number of β-amino-alcohol motifs (C(OH)–C–C–N with tert-alkyl or cyclic N) is 2. The molecule has 3 rings (SSSR count). The van der Waals surface area contributed by atoms with Gasteiger partial charge in [-0.25, -0.2) is 4.98 Å². The van der Waals surface area contributed by atoms with Crippen LogP contribution in [-0.2, 0) is 5.60 Å². The summed E-state index contributed by atoms with van der Waals surface area (Å²) in [7, 11) is 0. The first-order valence-electron chi connectivity index (χ1n) is 8.96. The summed E-state index contributed by atoms with van der Waals surface area (Å²) in [4.78, 5) is 17.5. The normalized spacial score (nSPS) is 20.3. The Kier molecular flexibility index (Phi) is 6.97. The van der Waals surface area contributed by atoms with Crippen LogP contribution in [0.1, 0.15) is 21.8 Å². The number of aromatic nitrogens is 1. The van der Waals surface area contributed by atoms with Gasteiger partial charge < -0.3 is 20.2 Å². The zero-order chi connectivity index (χ0) is 24.9. The standard InChI is InChI=1S/C18H13Cl2F6N2O4S/c19-12-9(1-2-10(13(12)20)16(32,17(21,22)23)18(24,25)26)11-4-27-14(33-11)15(31)28-5-7(29)3-8(30)6-28/h1-2,7-8,29-30,32H,3,5-6H2/t7-,8+. The average Bonchev–Trinajstić information content (AvgIpc) is 3.16. The van der Waals surface area contributed by atoms with E-state index in [1.54, 1.807) is 0 Å². The molecule has 0 saturated carbocycles. The molecule has 1 aromatic heterocycles. The highest BCUT2D eigenvalue weighted by molar-refractivity contribution is 7.17. The second-order valence-corrected chi connectivity index (χ2v) is 8.96. The summed E-state index contributed by atoms with van der Waals surface area (Å²) >= 11 is 12.3. The maximum Gasteiger partial charge on any atom is 0.430 e. The fourth-order valence-corrected chi connectivity index (χ4v) is 4.76. The van der Waals surface area contributed by atoms with Gasteiger partial charge in [-0.2, -0.15) is 26.3 Å². The fraction of sp³-hybridized carbons (Fsp3) is 0.444. The van der Waals surface area contributed by atoms with E-state index >= 15 is 0 Å². The van der Waals surface area contributed by atoms with Crippen LogP contribution in [0, 0.1) is 6.20 Å². The highest BCUT2D eigenvalue weighted by Gasteiger charge is 2.72. The minimum atomic E-state index is -6.15. The van der Waals surface area contributed by atoms with Crippen LogP contribution in [0.5, 0.6) is 0 Å². The molecule has 0 aliphatic carbocycles. The highest BCUT2D eigenvalue weighted by Crippen LogP contribution is 2.53. The van der Waals surface area contributed by atoms with Gasteiger partial charge in [0.15, 0.2) is 5.01 Å². The number of halogens is 8. The third-order valence-corrected chi connectivity index (χ3v) is 6.73. The number of aliphatic hydroxyl groups is 3. The Balaban J connectivity index is 1.98. The number of amides is 1. The van der Waals surface area contributed by atoms with Crippen molar-refractivity contribution in [2.24, 2.45) is 0 Å². The maximum atomic E-state index is 13.2. The Labute approximate surface area is 196 Å². The van der Waals surface area contributed by atoms with Crippen molar-refractivity contribution >= 4 is 40.4 Å². The summed E-state index contributed by atoms with van der Waals surface area (Å²) in [5, 5.41) is 26.9. The van der Waals surface area contributed by atoms with Crippen molar-refractivity contribution in [3.05, 3.63) is 38.9 Å². The van der Waals surface area contributed by atoms with Gasteiger partial charge >= 0.3 is 12.4 Å². The monoisotopic (exact) mass is 537 g/mol. The van der Waals surface area contributed by atoms with Crippen molar-refractivity contribution in [1.29, 1.82) is 0 Å². The summed E-state index contributed by atoms with van der Waals surface area (Å²) in [5.74, 6) is -0.678. The Morgan fingerprint density at radius 3 is 2.12 bits per heavy atom. The minimum Gasteiger partial charge on any atom is -0.391 e. The molecule has 33 heavy (non-hydrogen) atoms. The summed E-state index contributed by atoms with van der Waals surface area (Å²) in [6, 6.07) is 1.09. The van der Waals surface area contributed by atoms with Gasteiger partial charge in [0, 0.05) is 30.6 Å². The lowest BCUT2D eigenvalue weighted by molar-refractivity contribution is -0.376. The Morgan fingerprint density at radius 1 is 1.06 bits per heavy atom. The van der Waals surface area contributed by atoms with E-state index in [0.717, 1.165) is 11.0 Å². The molecule has 0 bridgehead atoms. The smallest absolute Gasteiger partial charge is 0.391 e. The Hall–Kier alpha value is -1.64. The molecular formula is C18H13Cl2F6N2O4S. The topological polar surface area (TPSA) is 93.9 Å². The molecule has 1 saturated heterocycles. The number of carbonyl (C=O) groups excluding carboxylic acids is 1. The van der Waals surface area contributed by atoms with Crippen LogP contribution in [-0.4, -0.2) is 68.8 Å². The number of likely N-dealkylation sites (tertiary alicyclic amines) is 1. The van der Waals surface area contributed by atoms with Crippen molar-refractivity contribution < 1.29 is 46.5 Å². The van der Waals surface area contributed by atoms with Crippen LogP contribution >= 0.6 is 34.5 Å². The molecule has 2 atom stereocenters. The van der Waals surface area contributed by atoms with E-state index in [-0.39, 0.29) is 35.0 Å². The van der Waals surface area contributed by atoms with Crippen molar-refractivity contribution in [3.63, 3.8) is 0 Å². The number of aliphatic hydroxyl groups excluding tert-OH is 2. The molecule has 1 aliphatic rings. The van der Waals surface area contributed by atoms with Crippen LogP contribution in [0.25, 0.3) is 10.4 Å². The molecule has 1 radical (unpaired) electrons. The minimum absolute atomic E-state index is 0.0301. The van der Waals surface area contributed by atoms with E-state index in [1.807, 2.05) is 0 Å². The van der Waals surface area contributed by atoms with Gasteiger partial charge in [-0.05, 0) is 0 Å². The van der Waals surface area contributed by atoms with Gasteiger partial charge in [0.25, 0.3) is 11.5 Å². The predicted molar refractivity (Wildman–Crippen MR) is 105 cm³/mol. The van der Waals surface area contributed by atoms with E-state index in [1.165, 1.54) is 0 Å². The third kappa shape index (κ3) is 4.66. The Bertz CT molecular complexity index is 1040. The van der Waals surface area contributed by atoms with Gasteiger partial charge in [-0.3, -0.25) is 4.79 Å². The number of piperidine rings is 1. The van der Waals surface area contributed by atoms with E-state index in [9.17, 15) is 46.5 Å². The van der Waals surface area contributed by atoms with E-state index in [2.05, 4.69) is 11.2 Å². The largest absolute Gasteiger partial charge is 0.430 e. The van der Waals surface area contributed by atoms with Gasteiger partial charge in [0.05, 0.1) is 27.1 Å². The van der Waals surface area contributed by atoms with Crippen molar-refractivity contribution in [1.82, 2.24) is 9.88 Å². The van der Waals surface area contributed by atoms with Gasteiger partial charge in [0.2, 0.25) is 0 Å². The molecule has 1 aromatic carbocycles. The molecular weight excluding hydrogens is 525 g/mol. The summed E-state index contributed by atoms with van der Waals surface area (Å²) in [5.41, 5.74) is -7.16. The molecule has 0 spiro atoms. The summed E-state index contributed by atoms with van der Waals surface area (Å²) < 4.78 is 79.1. The van der Waals surface area contributed by atoms with E-state index < -0.39 is 51.7 Å². The first-order chi connectivity index (χ1) is 15.1. The lowest BCUT2D eigenvalue weighted by Crippen LogP contribution is -2.54. The van der Waals surface area contributed by atoms with Gasteiger partial charge in [-0.15, -0.1) is 11.3 Å². The SMILES string of the molecule is O=C(c1n[c]c(-c2ccc(C(O)(C(F)(F)F)C(F)(F)F)c(Cl)c2Cl)s1)N1C[C@H](O)C[C@H](O)C1. The predicted octanol–water partition coefficient (Wildman–Crippen LogP) is 3.80. The van der Waals surface area contributed by atoms with Crippen LogP contribution < -0.4 is 0 Å². The molecule has 2 heterocycles. The Morgan fingerprint density at radius 2 is 1.61 bits per heavy atom. The molecule has 2 aromatic rings. The lowest BCUT2D eigenvalue weighted by atomic mass is 9.91. The first-order valence-corrected chi connectivity index (χ1v) is 10.5. The molecule has 181 valence electrons. The van der Waals surface area contributed by atoms with Crippen molar-refractivity contribution in [2.45, 2.75) is 36.6 Å². The van der Waals surface area contributed by atoms with Crippen LogP contribution in [0.3, 0.4) is 0 Å². The van der Waals surface area contributed by atoms with Crippen LogP contribution in [0.2, 0.25) is 10.0 Å². The lowest BCUT2D eigenvalue weighted by Gasteiger charge is -2.33. The first kappa shape index (κ1) is 26.0. The van der Waals surface area contributed by atoms with Crippen LogP contribution in [0.15, 0.2) is 12.1 Å². The van der Waals surface area contributed by atoms with Crippen LogP contribution in [0.4, 0.5) is 26.3 Å². The average molecular weight is 538 g/mol. The van der Waals surface area contributed by atoms with E-state index in [4.69, 9.17) is 23.2 Å². The second kappa shape index (κ2) is 8.86. The number of alkyl halides is 6. The highest BCUT2D eigenvalue weighted by atomic mass is 35.5. The molecule has 1 aliphatic heterocycles. The summed E-state index contributed by atoms with van der Waals surface area (Å²) in [6.07, 6.45) is -11.7. The number of thiazole rings is 1. The fourth-order valence-electron chi connectivity index (χ4n) is 3.27. The quantitative estimate of drug-likeness (QED) is 0.518. The number of hydrogen-bond donors (Lipinski definition) is 3. The van der Waals surface area contributed by atoms with Crippen molar-refractivity contribution in [2.75, 3.05) is 13.1 Å². The molecule has 15 heteroatoms. The second-order valence-electron chi connectivity index (χ2n) is 7.21. The number of rotatable bonds is 3. The molecule has 3 N–H and O–H groups in total.